The van der Waals surface area contributed by atoms with Gasteiger partial charge in [-0.05, 0) is 25.1 Å². The molecule has 0 atom stereocenters. The van der Waals surface area contributed by atoms with Gasteiger partial charge in [0.15, 0.2) is 22.5 Å². The van der Waals surface area contributed by atoms with E-state index in [2.05, 4.69) is 16.8 Å². The maximum Gasteiger partial charge on any atom is 0.313 e. The van der Waals surface area contributed by atoms with Crippen LogP contribution in [0, 0.1) is 0 Å². The van der Waals surface area contributed by atoms with Crippen molar-refractivity contribution in [3.63, 3.8) is 0 Å². The smallest absolute Gasteiger partial charge is 0.313 e. The van der Waals surface area contributed by atoms with Crippen molar-refractivity contribution in [3.05, 3.63) is 30.4 Å². The van der Waals surface area contributed by atoms with Crippen LogP contribution in [0.5, 0.6) is 11.5 Å². The third-order valence-electron chi connectivity index (χ3n) is 3.11. The van der Waals surface area contributed by atoms with E-state index in [9.17, 15) is 4.79 Å². The van der Waals surface area contributed by atoms with Crippen molar-refractivity contribution in [2.45, 2.75) is 18.6 Å². The molecule has 24 heavy (non-hydrogen) atoms. The molecule has 0 radical (unpaired) electrons. The van der Waals surface area contributed by atoms with E-state index in [-0.39, 0.29) is 5.75 Å². The molecule has 0 aliphatic rings. The third-order valence-corrected chi connectivity index (χ3v) is 4.06. The molecule has 1 N–H and O–H groups in total. The maximum absolute atomic E-state index is 10.8. The average molecular weight is 349 g/mol. The van der Waals surface area contributed by atoms with Crippen LogP contribution in [-0.2, 0) is 11.3 Å². The van der Waals surface area contributed by atoms with E-state index in [0.29, 0.717) is 29.0 Å². The number of ether oxygens (including phenoxy) is 2. The second-order valence-electron chi connectivity index (χ2n) is 5.10. The molecule has 7 nitrogen and oxygen atoms in total. The molecular weight excluding hydrogens is 330 g/mol. The Bertz CT molecular complexity index is 758. The van der Waals surface area contributed by atoms with Crippen LogP contribution in [0.3, 0.4) is 0 Å². The number of aliphatic carboxylic acids is 1. The van der Waals surface area contributed by atoms with Crippen molar-refractivity contribution in [1.82, 2.24) is 14.8 Å². The molecule has 2 rings (SSSR count). The van der Waals surface area contributed by atoms with E-state index in [4.69, 9.17) is 14.6 Å². The Kier molecular flexibility index (Phi) is 5.86. The molecule has 0 aliphatic heterocycles. The number of nitrogens with zero attached hydrogens (tertiary/aromatic N) is 3. The van der Waals surface area contributed by atoms with Crippen LogP contribution in [0.4, 0.5) is 0 Å². The summed E-state index contributed by atoms with van der Waals surface area (Å²) in [6.07, 6.45) is 0. The second-order valence-corrected chi connectivity index (χ2v) is 6.04. The number of carbonyl (C=O) groups is 1. The molecule has 0 fully saturated rings. The van der Waals surface area contributed by atoms with E-state index < -0.39 is 5.97 Å². The number of methoxy groups -OCH3 is 2. The van der Waals surface area contributed by atoms with Crippen LogP contribution in [0.1, 0.15) is 6.92 Å². The van der Waals surface area contributed by atoms with Crippen LogP contribution in [0.25, 0.3) is 11.4 Å². The van der Waals surface area contributed by atoms with Gasteiger partial charge in [-0.2, -0.15) is 0 Å². The summed E-state index contributed by atoms with van der Waals surface area (Å²) >= 11 is 1.12. The molecule has 1 heterocycles. The predicted octanol–water partition coefficient (Wildman–Crippen LogP) is 2.72. The number of allylic oxidation sites excluding steroid dienone is 1. The summed E-state index contributed by atoms with van der Waals surface area (Å²) < 4.78 is 12.4. The zero-order valence-electron chi connectivity index (χ0n) is 13.8. The molecule has 0 unspecified atom stereocenters. The maximum atomic E-state index is 10.8. The second kappa shape index (κ2) is 7.87. The topological polar surface area (TPSA) is 86.5 Å². The van der Waals surface area contributed by atoms with E-state index in [1.165, 1.54) is 0 Å². The Labute approximate surface area is 144 Å². The van der Waals surface area contributed by atoms with Gasteiger partial charge in [0.25, 0.3) is 0 Å². The molecule has 2 aromatic rings. The molecule has 128 valence electrons. The lowest BCUT2D eigenvalue weighted by Crippen LogP contribution is -2.05. The first-order valence-electron chi connectivity index (χ1n) is 7.10. The summed E-state index contributed by atoms with van der Waals surface area (Å²) in [6, 6.07) is 5.45. The highest BCUT2D eigenvalue weighted by molar-refractivity contribution is 7.99. The fourth-order valence-electron chi connectivity index (χ4n) is 2.12. The number of carboxylic acids is 1. The first-order valence-corrected chi connectivity index (χ1v) is 8.09. The van der Waals surface area contributed by atoms with Crippen LogP contribution in [0.2, 0.25) is 0 Å². The molecule has 1 aromatic carbocycles. The molecular formula is C16H19N3O4S. The Morgan fingerprint density at radius 2 is 2.00 bits per heavy atom. The lowest BCUT2D eigenvalue weighted by atomic mass is 10.2. The molecule has 0 saturated carbocycles. The number of aromatic nitrogens is 3. The number of hydrogen-bond acceptors (Lipinski definition) is 6. The molecule has 0 saturated heterocycles. The molecule has 1 aromatic heterocycles. The van der Waals surface area contributed by atoms with Gasteiger partial charge in [-0.1, -0.05) is 23.9 Å². The molecule has 0 spiro atoms. The van der Waals surface area contributed by atoms with Gasteiger partial charge >= 0.3 is 5.97 Å². The van der Waals surface area contributed by atoms with Crippen molar-refractivity contribution in [2.24, 2.45) is 0 Å². The number of thioether (sulfide) groups is 1. The van der Waals surface area contributed by atoms with Crippen LogP contribution < -0.4 is 9.47 Å². The number of benzene rings is 1. The van der Waals surface area contributed by atoms with E-state index >= 15 is 0 Å². The summed E-state index contributed by atoms with van der Waals surface area (Å²) in [4.78, 5) is 10.8. The molecule has 8 heteroatoms. The SMILES string of the molecule is C=C(C)Cn1c(SCC(=O)O)nnc1-c1ccc(OC)c(OC)c1. The molecule has 0 aliphatic carbocycles. The summed E-state index contributed by atoms with van der Waals surface area (Å²) in [5.41, 5.74) is 1.71. The van der Waals surface area contributed by atoms with Crippen molar-refractivity contribution < 1.29 is 19.4 Å². The predicted molar refractivity (Wildman–Crippen MR) is 91.7 cm³/mol. The zero-order valence-corrected chi connectivity index (χ0v) is 14.6. The average Bonchev–Trinajstić information content (AvgIpc) is 2.94. The highest BCUT2D eigenvalue weighted by Gasteiger charge is 2.17. The van der Waals surface area contributed by atoms with E-state index in [0.717, 1.165) is 22.9 Å². The van der Waals surface area contributed by atoms with Gasteiger partial charge in [-0.25, -0.2) is 0 Å². The van der Waals surface area contributed by atoms with Crippen LogP contribution in [-0.4, -0.2) is 45.8 Å². The zero-order chi connectivity index (χ0) is 17.7. The van der Waals surface area contributed by atoms with Crippen molar-refractivity contribution >= 4 is 17.7 Å². The van der Waals surface area contributed by atoms with Crippen molar-refractivity contribution in [2.75, 3.05) is 20.0 Å². The van der Waals surface area contributed by atoms with Gasteiger partial charge in [0.1, 0.15) is 0 Å². The number of rotatable bonds is 8. The first-order chi connectivity index (χ1) is 11.5. The van der Waals surface area contributed by atoms with Crippen molar-refractivity contribution in [3.8, 4) is 22.9 Å². The highest BCUT2D eigenvalue weighted by atomic mass is 32.2. The third kappa shape index (κ3) is 4.08. The normalized spacial score (nSPS) is 10.5. The molecule has 0 amide bonds. The number of hydrogen-bond donors (Lipinski definition) is 1. The number of carboxylic acid groups (broad SMARTS) is 1. The first kappa shape index (κ1) is 17.9. The van der Waals surface area contributed by atoms with Gasteiger partial charge < -0.3 is 14.6 Å². The lowest BCUT2D eigenvalue weighted by molar-refractivity contribution is -0.133. The quantitative estimate of drug-likeness (QED) is 0.579. The summed E-state index contributed by atoms with van der Waals surface area (Å²) in [7, 11) is 3.14. The van der Waals surface area contributed by atoms with E-state index in [1.807, 2.05) is 23.6 Å². The summed E-state index contributed by atoms with van der Waals surface area (Å²) in [6.45, 7) is 6.31. The minimum absolute atomic E-state index is 0.0831. The van der Waals surface area contributed by atoms with Gasteiger partial charge in [0.05, 0.1) is 20.0 Å². The molecule has 0 bridgehead atoms. The monoisotopic (exact) mass is 349 g/mol. The largest absolute Gasteiger partial charge is 0.493 e. The fourth-order valence-corrected chi connectivity index (χ4v) is 2.78. The Balaban J connectivity index is 2.45. The standard InChI is InChI=1S/C16H19N3O4S/c1-10(2)8-19-15(17-18-16(19)24-9-14(20)21)11-5-6-12(22-3)13(7-11)23-4/h5-7H,1,8-9H2,2-4H3,(H,20,21). The van der Waals surface area contributed by atoms with E-state index in [1.54, 1.807) is 20.3 Å². The van der Waals surface area contributed by atoms with Gasteiger partial charge in [-0.3, -0.25) is 9.36 Å². The van der Waals surface area contributed by atoms with Crippen LogP contribution >= 0.6 is 11.8 Å². The Morgan fingerprint density at radius 1 is 1.29 bits per heavy atom. The van der Waals surface area contributed by atoms with Gasteiger partial charge in [0, 0.05) is 12.1 Å². The van der Waals surface area contributed by atoms with Gasteiger partial charge in [0.2, 0.25) is 0 Å². The summed E-state index contributed by atoms with van der Waals surface area (Å²) in [5, 5.41) is 17.7. The van der Waals surface area contributed by atoms with Crippen molar-refractivity contribution in [1.29, 1.82) is 0 Å². The minimum atomic E-state index is -0.905. The Morgan fingerprint density at radius 3 is 2.58 bits per heavy atom. The summed E-state index contributed by atoms with van der Waals surface area (Å²) in [5.74, 6) is 0.831. The van der Waals surface area contributed by atoms with Crippen LogP contribution in [0.15, 0.2) is 35.5 Å². The Hall–Kier alpha value is -2.48. The highest BCUT2D eigenvalue weighted by Crippen LogP contribution is 2.33. The fraction of sp³-hybridized carbons (Fsp3) is 0.312. The lowest BCUT2D eigenvalue weighted by Gasteiger charge is -2.12. The van der Waals surface area contributed by atoms with Gasteiger partial charge in [-0.15, -0.1) is 10.2 Å². The minimum Gasteiger partial charge on any atom is -0.493 e.